The van der Waals surface area contributed by atoms with Crippen LogP contribution in [-0.4, -0.2) is 17.4 Å². The first-order valence-corrected chi connectivity index (χ1v) is 9.84. The Morgan fingerprint density at radius 3 is 2.73 bits per heavy atom. The average molecular weight is 350 g/mol. The molecule has 1 aliphatic heterocycles. The van der Waals surface area contributed by atoms with E-state index in [2.05, 4.69) is 42.5 Å². The van der Waals surface area contributed by atoms with Gasteiger partial charge in [-0.15, -0.1) is 0 Å². The molecule has 2 aliphatic carbocycles. The predicted molar refractivity (Wildman–Crippen MR) is 102 cm³/mol. The molecule has 1 unspecified atom stereocenters. The topological polar surface area (TPSA) is 43.4 Å². The normalized spacial score (nSPS) is 26.2. The number of benzene rings is 1. The highest BCUT2D eigenvalue weighted by atomic mass is 16.6. The van der Waals surface area contributed by atoms with E-state index in [4.69, 9.17) is 4.74 Å². The fraction of sp³-hybridized carbons (Fsp3) is 0.478. The second-order valence-electron chi connectivity index (χ2n) is 7.90. The third-order valence-electron chi connectivity index (χ3n) is 6.22. The van der Waals surface area contributed by atoms with E-state index in [1.54, 1.807) is 0 Å². The van der Waals surface area contributed by atoms with Gasteiger partial charge in [0.15, 0.2) is 0 Å². The van der Waals surface area contributed by atoms with Crippen LogP contribution in [0, 0.1) is 5.92 Å². The van der Waals surface area contributed by atoms with Gasteiger partial charge in [0.25, 0.3) is 0 Å². The second-order valence-corrected chi connectivity index (χ2v) is 7.90. The molecule has 4 rings (SSSR count). The highest BCUT2D eigenvalue weighted by molar-refractivity contribution is 5.98. The molecule has 0 N–H and O–H groups in total. The van der Waals surface area contributed by atoms with Gasteiger partial charge in [0.05, 0.1) is 0 Å². The van der Waals surface area contributed by atoms with Gasteiger partial charge in [-0.3, -0.25) is 9.59 Å². The van der Waals surface area contributed by atoms with E-state index in [1.807, 2.05) is 0 Å². The Kier molecular flexibility index (Phi) is 4.80. The van der Waals surface area contributed by atoms with E-state index < -0.39 is 5.60 Å². The Labute approximate surface area is 154 Å². The van der Waals surface area contributed by atoms with Gasteiger partial charge >= 0.3 is 5.97 Å². The molecule has 26 heavy (non-hydrogen) atoms. The van der Waals surface area contributed by atoms with Crippen LogP contribution in [0.15, 0.2) is 36.4 Å². The number of hydrogen-bond acceptors (Lipinski definition) is 3. The fourth-order valence-electron chi connectivity index (χ4n) is 4.93. The summed E-state index contributed by atoms with van der Waals surface area (Å²) in [5.74, 6) is 0.0553. The van der Waals surface area contributed by atoms with Gasteiger partial charge in [-0.05, 0) is 48.5 Å². The standard InChI is InChI=1S/C23H26O3/c24-20-15-22(25)26-23(16-20,19-10-4-5-11-19)14-13-18-9-2-1-7-17-8-3-6-12-21(17)18/h1-3,6-8,12,19H,4-5,9-11,13-16H2. The molecule has 2 fully saturated rings. The molecule has 1 saturated heterocycles. The molecule has 1 saturated carbocycles. The first-order chi connectivity index (χ1) is 12.7. The Bertz CT molecular complexity index is 840. The maximum absolute atomic E-state index is 12.2. The van der Waals surface area contributed by atoms with E-state index in [1.165, 1.54) is 28.9 Å². The Morgan fingerprint density at radius 2 is 1.92 bits per heavy atom. The number of hydrogen-bond donors (Lipinski definition) is 0. The summed E-state index contributed by atoms with van der Waals surface area (Å²) in [5.41, 5.74) is 0.793. The number of esters is 1. The lowest BCUT2D eigenvalue weighted by Gasteiger charge is -2.41. The number of ketones is 1. The molecule has 0 aromatic heterocycles. The van der Waals surface area contributed by atoms with E-state index in [0.717, 1.165) is 32.1 Å². The first kappa shape index (κ1) is 17.3. The van der Waals surface area contributed by atoms with E-state index >= 15 is 0 Å². The van der Waals surface area contributed by atoms with Crippen molar-refractivity contribution in [1.29, 1.82) is 0 Å². The predicted octanol–water partition coefficient (Wildman–Crippen LogP) is 3.19. The largest absolute Gasteiger partial charge is 0.458 e. The third-order valence-corrected chi connectivity index (χ3v) is 6.22. The highest BCUT2D eigenvalue weighted by Crippen LogP contribution is 2.44. The summed E-state index contributed by atoms with van der Waals surface area (Å²) in [6.45, 7) is 0. The molecule has 136 valence electrons. The molecule has 0 bridgehead atoms. The number of allylic oxidation sites excluding steroid dienone is 2. The van der Waals surface area contributed by atoms with Crippen LogP contribution in [0.1, 0.15) is 57.8 Å². The molecule has 3 nitrogen and oxygen atoms in total. The quantitative estimate of drug-likeness (QED) is 0.619. The number of rotatable bonds is 4. The zero-order chi connectivity index (χ0) is 18.0. The maximum Gasteiger partial charge on any atom is 0.313 e. The number of cyclic esters (lactones) is 1. The molecule has 3 heteroatoms. The minimum absolute atomic E-state index is 0.0487. The summed E-state index contributed by atoms with van der Waals surface area (Å²) < 4.78 is 5.94. The Hall–Kier alpha value is -2.16. The highest BCUT2D eigenvalue weighted by Gasteiger charge is 2.47. The number of Topliss-reactive ketones (excluding diaryl/α,β-unsaturated/α-hetero) is 1. The molecule has 0 spiro atoms. The van der Waals surface area contributed by atoms with Gasteiger partial charge in [-0.2, -0.15) is 0 Å². The van der Waals surface area contributed by atoms with Crippen LogP contribution < -0.4 is 10.4 Å². The summed E-state index contributed by atoms with van der Waals surface area (Å²) in [7, 11) is 0. The van der Waals surface area contributed by atoms with Crippen LogP contribution in [-0.2, 0) is 14.3 Å². The zero-order valence-electron chi connectivity index (χ0n) is 15.2. The van der Waals surface area contributed by atoms with Crippen molar-refractivity contribution in [2.24, 2.45) is 5.92 Å². The Morgan fingerprint density at radius 1 is 1.12 bits per heavy atom. The smallest absolute Gasteiger partial charge is 0.313 e. The molecular formula is C23H26O3. The van der Waals surface area contributed by atoms with Gasteiger partial charge in [0, 0.05) is 6.42 Å². The maximum atomic E-state index is 12.2. The van der Waals surface area contributed by atoms with Gasteiger partial charge < -0.3 is 4.74 Å². The zero-order valence-corrected chi connectivity index (χ0v) is 15.2. The summed E-state index contributed by atoms with van der Waals surface area (Å²) >= 11 is 0. The minimum Gasteiger partial charge on any atom is -0.458 e. The van der Waals surface area contributed by atoms with Crippen molar-refractivity contribution < 1.29 is 14.3 Å². The number of carbonyl (C=O) groups excluding carboxylic acids is 2. The monoisotopic (exact) mass is 350 g/mol. The summed E-state index contributed by atoms with van der Waals surface area (Å²) in [6, 6.07) is 8.46. The van der Waals surface area contributed by atoms with E-state index in [9.17, 15) is 9.59 Å². The summed E-state index contributed by atoms with van der Waals surface area (Å²) in [4.78, 5) is 24.3. The molecule has 1 heterocycles. The minimum atomic E-state index is -0.579. The second kappa shape index (κ2) is 7.22. The van der Waals surface area contributed by atoms with Gasteiger partial charge in [-0.1, -0.05) is 60.9 Å². The number of carbonyl (C=O) groups is 2. The molecule has 0 amide bonds. The average Bonchev–Trinajstić information content (AvgIpc) is 3.09. The third kappa shape index (κ3) is 3.40. The van der Waals surface area contributed by atoms with Crippen molar-refractivity contribution in [3.05, 3.63) is 46.9 Å². The lowest BCUT2D eigenvalue weighted by atomic mass is 9.75. The van der Waals surface area contributed by atoms with Crippen LogP contribution in [0.3, 0.4) is 0 Å². The first-order valence-electron chi connectivity index (χ1n) is 9.84. The van der Waals surface area contributed by atoms with Crippen molar-refractivity contribution in [1.82, 2.24) is 0 Å². The molecule has 1 aromatic rings. The fourth-order valence-corrected chi connectivity index (χ4v) is 4.93. The van der Waals surface area contributed by atoms with E-state index in [-0.39, 0.29) is 18.2 Å². The molecule has 1 aromatic carbocycles. The summed E-state index contributed by atoms with van der Waals surface area (Å²) in [5, 5.41) is 2.52. The molecule has 0 radical (unpaired) electrons. The van der Waals surface area contributed by atoms with Gasteiger partial charge in [-0.25, -0.2) is 0 Å². The van der Waals surface area contributed by atoms with Crippen LogP contribution >= 0.6 is 0 Å². The van der Waals surface area contributed by atoms with E-state index in [0.29, 0.717) is 12.3 Å². The Balaban J connectivity index is 1.65. The van der Waals surface area contributed by atoms with Gasteiger partial charge in [0.1, 0.15) is 17.8 Å². The molecule has 1 atom stereocenters. The van der Waals surface area contributed by atoms with Crippen molar-refractivity contribution >= 4 is 23.4 Å². The van der Waals surface area contributed by atoms with Crippen molar-refractivity contribution in [3.63, 3.8) is 0 Å². The lowest BCUT2D eigenvalue weighted by Crippen LogP contribution is -2.47. The van der Waals surface area contributed by atoms with Gasteiger partial charge in [0.2, 0.25) is 0 Å². The van der Waals surface area contributed by atoms with Crippen LogP contribution in [0.4, 0.5) is 0 Å². The molecule has 3 aliphatic rings. The number of ether oxygens (including phenoxy) is 1. The molecular weight excluding hydrogens is 324 g/mol. The van der Waals surface area contributed by atoms with Crippen molar-refractivity contribution in [3.8, 4) is 0 Å². The van der Waals surface area contributed by atoms with Crippen LogP contribution in [0.2, 0.25) is 0 Å². The van der Waals surface area contributed by atoms with Crippen LogP contribution in [0.25, 0.3) is 11.6 Å². The number of fused-ring (bicyclic) bond motifs is 1. The summed E-state index contributed by atoms with van der Waals surface area (Å²) in [6.07, 6.45) is 13.8. The van der Waals surface area contributed by atoms with Crippen molar-refractivity contribution in [2.45, 2.75) is 63.4 Å². The van der Waals surface area contributed by atoms with Crippen molar-refractivity contribution in [2.75, 3.05) is 0 Å². The lowest BCUT2D eigenvalue weighted by molar-refractivity contribution is -0.178. The SMILES string of the molecule is O=C1CC(=O)OC(CCC2=c3ccccc3=CC=CC2)(C2CCCC2)C1. The van der Waals surface area contributed by atoms with Crippen LogP contribution in [0.5, 0.6) is 0 Å².